The number of nitrogens with two attached hydrogens (primary N) is 1. The molecule has 0 spiro atoms. The quantitative estimate of drug-likeness (QED) is 0.815. The summed E-state index contributed by atoms with van der Waals surface area (Å²) in [5.74, 6) is 1.34. The predicted molar refractivity (Wildman–Crippen MR) is 66.5 cm³/mol. The lowest BCUT2D eigenvalue weighted by Crippen LogP contribution is -2.46. The third kappa shape index (κ3) is 1.88. The molecule has 0 aromatic carbocycles. The van der Waals surface area contributed by atoms with Gasteiger partial charge in [-0.1, -0.05) is 46.2 Å². The molecule has 1 aliphatic carbocycles. The van der Waals surface area contributed by atoms with Crippen LogP contribution in [0.4, 0.5) is 0 Å². The molecular weight excluding hydrogens is 214 g/mol. The lowest BCUT2D eigenvalue weighted by molar-refractivity contribution is 0.192. The highest BCUT2D eigenvalue weighted by Gasteiger charge is 2.50. The largest absolute Gasteiger partial charge is 0.339 e. The van der Waals surface area contributed by atoms with E-state index in [0.717, 1.165) is 19.3 Å². The predicted octanol–water partition coefficient (Wildman–Crippen LogP) is 2.73. The van der Waals surface area contributed by atoms with Gasteiger partial charge in [-0.15, -0.1) is 0 Å². The molecule has 1 fully saturated rings. The smallest absolute Gasteiger partial charge is 0.232 e. The molecule has 1 aromatic rings. The Hall–Kier alpha value is -0.900. The molecule has 1 heterocycles. The van der Waals surface area contributed by atoms with Crippen molar-refractivity contribution in [1.29, 1.82) is 0 Å². The summed E-state index contributed by atoms with van der Waals surface area (Å²) in [6, 6.07) is 0. The molecule has 1 aliphatic rings. The van der Waals surface area contributed by atoms with Gasteiger partial charge in [-0.05, 0) is 18.3 Å². The SMILES string of the molecule is CC(C)(C)c1nc(C2(N)CCCC2(C)C)no1. The normalized spacial score (nSPS) is 28.6. The average Bonchev–Trinajstić information content (AvgIpc) is 2.72. The minimum absolute atomic E-state index is 0.0338. The van der Waals surface area contributed by atoms with Crippen LogP contribution in [0.2, 0.25) is 0 Å². The second-order valence-electron chi connectivity index (χ2n) is 6.88. The molecule has 0 amide bonds. The lowest BCUT2D eigenvalue weighted by atomic mass is 9.75. The summed E-state index contributed by atoms with van der Waals surface area (Å²) < 4.78 is 5.36. The van der Waals surface area contributed by atoms with Crippen LogP contribution in [0.1, 0.15) is 65.6 Å². The van der Waals surface area contributed by atoms with E-state index in [9.17, 15) is 0 Å². The summed E-state index contributed by atoms with van der Waals surface area (Å²) in [4.78, 5) is 4.53. The van der Waals surface area contributed by atoms with E-state index in [1.54, 1.807) is 0 Å². The van der Waals surface area contributed by atoms with Gasteiger partial charge in [-0.3, -0.25) is 0 Å². The second-order valence-corrected chi connectivity index (χ2v) is 6.88. The topological polar surface area (TPSA) is 64.9 Å². The van der Waals surface area contributed by atoms with Crippen molar-refractivity contribution in [2.75, 3.05) is 0 Å². The molecule has 1 atom stereocenters. The first-order valence-electron chi connectivity index (χ1n) is 6.30. The van der Waals surface area contributed by atoms with E-state index in [-0.39, 0.29) is 10.8 Å². The van der Waals surface area contributed by atoms with Crippen molar-refractivity contribution in [3.63, 3.8) is 0 Å². The lowest BCUT2D eigenvalue weighted by Gasteiger charge is -2.35. The zero-order valence-corrected chi connectivity index (χ0v) is 11.5. The second kappa shape index (κ2) is 3.55. The van der Waals surface area contributed by atoms with E-state index < -0.39 is 5.54 Å². The summed E-state index contributed by atoms with van der Waals surface area (Å²) in [5, 5.41) is 4.12. The minimum atomic E-state index is -0.444. The van der Waals surface area contributed by atoms with E-state index in [1.807, 2.05) is 0 Å². The average molecular weight is 237 g/mol. The summed E-state index contributed by atoms with van der Waals surface area (Å²) in [7, 11) is 0. The van der Waals surface area contributed by atoms with E-state index in [0.29, 0.717) is 11.7 Å². The molecule has 2 rings (SSSR count). The molecule has 1 unspecified atom stereocenters. The zero-order valence-electron chi connectivity index (χ0n) is 11.5. The van der Waals surface area contributed by atoms with Crippen molar-refractivity contribution in [3.8, 4) is 0 Å². The van der Waals surface area contributed by atoms with Crippen LogP contribution in [0.3, 0.4) is 0 Å². The van der Waals surface area contributed by atoms with Crippen molar-refractivity contribution in [1.82, 2.24) is 10.1 Å². The fourth-order valence-corrected chi connectivity index (χ4v) is 2.49. The Morgan fingerprint density at radius 2 is 1.88 bits per heavy atom. The highest BCUT2D eigenvalue weighted by Crippen LogP contribution is 2.49. The van der Waals surface area contributed by atoms with Gasteiger partial charge in [0.25, 0.3) is 0 Å². The molecule has 17 heavy (non-hydrogen) atoms. The highest BCUT2D eigenvalue weighted by atomic mass is 16.5. The Bertz CT molecular complexity index is 417. The van der Waals surface area contributed by atoms with Crippen LogP contribution in [0.25, 0.3) is 0 Å². The fourth-order valence-electron chi connectivity index (χ4n) is 2.49. The van der Waals surface area contributed by atoms with Crippen LogP contribution in [0.15, 0.2) is 4.52 Å². The summed E-state index contributed by atoms with van der Waals surface area (Å²) in [6.45, 7) is 10.6. The van der Waals surface area contributed by atoms with E-state index in [4.69, 9.17) is 10.3 Å². The number of rotatable bonds is 1. The van der Waals surface area contributed by atoms with Gasteiger partial charge >= 0.3 is 0 Å². The third-order valence-electron chi connectivity index (χ3n) is 4.05. The molecule has 0 radical (unpaired) electrons. The number of aromatic nitrogens is 2. The Kier molecular flexibility index (Phi) is 2.62. The molecule has 0 bridgehead atoms. The van der Waals surface area contributed by atoms with Gasteiger partial charge in [0, 0.05) is 5.41 Å². The number of hydrogen-bond acceptors (Lipinski definition) is 4. The standard InChI is InChI=1S/C13H23N3O/c1-11(2,3)10-15-9(16-17-10)13(14)8-6-7-12(13,4)5/h6-8,14H2,1-5H3. The van der Waals surface area contributed by atoms with E-state index >= 15 is 0 Å². The Balaban J connectivity index is 2.38. The number of nitrogens with zero attached hydrogens (tertiary/aromatic N) is 2. The molecule has 96 valence electrons. The van der Waals surface area contributed by atoms with Gasteiger partial charge in [0.1, 0.15) is 0 Å². The van der Waals surface area contributed by atoms with Crippen molar-refractivity contribution < 1.29 is 4.52 Å². The number of hydrogen-bond donors (Lipinski definition) is 1. The van der Waals surface area contributed by atoms with E-state index in [2.05, 4.69) is 44.8 Å². The van der Waals surface area contributed by atoms with E-state index in [1.165, 1.54) is 0 Å². The first-order valence-corrected chi connectivity index (χ1v) is 6.30. The zero-order chi connectivity index (χ0) is 12.9. The summed E-state index contributed by atoms with van der Waals surface area (Å²) >= 11 is 0. The minimum Gasteiger partial charge on any atom is -0.339 e. The maximum absolute atomic E-state index is 6.53. The molecule has 4 nitrogen and oxygen atoms in total. The molecule has 0 aliphatic heterocycles. The van der Waals surface area contributed by atoms with Gasteiger partial charge in [0.2, 0.25) is 5.89 Å². The van der Waals surface area contributed by atoms with Crippen molar-refractivity contribution >= 4 is 0 Å². The molecule has 1 aromatic heterocycles. The first-order chi connectivity index (χ1) is 7.67. The van der Waals surface area contributed by atoms with Crippen LogP contribution in [0, 0.1) is 5.41 Å². The van der Waals surface area contributed by atoms with Crippen LogP contribution < -0.4 is 5.73 Å². The van der Waals surface area contributed by atoms with Gasteiger partial charge < -0.3 is 10.3 Å². The molecule has 0 saturated heterocycles. The molecular formula is C13H23N3O. The van der Waals surface area contributed by atoms with Crippen LogP contribution in [0.5, 0.6) is 0 Å². The monoisotopic (exact) mass is 237 g/mol. The highest BCUT2D eigenvalue weighted by molar-refractivity contribution is 5.15. The summed E-state index contributed by atoms with van der Waals surface area (Å²) in [5.41, 5.74) is 6.00. The van der Waals surface area contributed by atoms with Gasteiger partial charge in [0.15, 0.2) is 5.82 Å². The molecule has 4 heteroatoms. The van der Waals surface area contributed by atoms with Crippen molar-refractivity contribution in [2.24, 2.45) is 11.1 Å². The Morgan fingerprint density at radius 1 is 1.24 bits per heavy atom. The van der Waals surface area contributed by atoms with Crippen LogP contribution in [-0.2, 0) is 11.0 Å². The van der Waals surface area contributed by atoms with Crippen molar-refractivity contribution in [3.05, 3.63) is 11.7 Å². The van der Waals surface area contributed by atoms with Gasteiger partial charge in [0.05, 0.1) is 5.54 Å². The third-order valence-corrected chi connectivity index (χ3v) is 4.05. The summed E-state index contributed by atoms with van der Waals surface area (Å²) in [6.07, 6.45) is 3.18. The van der Waals surface area contributed by atoms with Gasteiger partial charge in [-0.25, -0.2) is 0 Å². The van der Waals surface area contributed by atoms with Gasteiger partial charge in [-0.2, -0.15) is 4.98 Å². The van der Waals surface area contributed by atoms with Crippen molar-refractivity contribution in [2.45, 2.75) is 64.8 Å². The molecule has 2 N–H and O–H groups in total. The fraction of sp³-hybridized carbons (Fsp3) is 0.846. The molecule has 1 saturated carbocycles. The Labute approximate surface area is 103 Å². The Morgan fingerprint density at radius 3 is 2.29 bits per heavy atom. The van der Waals surface area contributed by atoms with Crippen LogP contribution in [-0.4, -0.2) is 10.1 Å². The first kappa shape index (κ1) is 12.6. The van der Waals surface area contributed by atoms with Crippen LogP contribution >= 0.6 is 0 Å². The maximum Gasteiger partial charge on any atom is 0.232 e. The maximum atomic E-state index is 6.53.